The van der Waals surface area contributed by atoms with Gasteiger partial charge in [0.25, 0.3) is 0 Å². The Hall–Kier alpha value is -3.21. The maximum atomic E-state index is 13.0. The summed E-state index contributed by atoms with van der Waals surface area (Å²) in [6.45, 7) is 12.2. The highest BCUT2D eigenvalue weighted by atomic mass is 16.6. The minimum Gasteiger partial charge on any atom is -0.462 e. The molecular weight excluding hydrogens is 536 g/mol. The molecule has 1 aliphatic heterocycles. The Labute approximate surface area is 240 Å². The van der Waals surface area contributed by atoms with Crippen molar-refractivity contribution in [1.82, 2.24) is 0 Å². The van der Waals surface area contributed by atoms with Crippen molar-refractivity contribution in [3.05, 3.63) is 23.3 Å². The lowest BCUT2D eigenvalue weighted by molar-refractivity contribution is -0.218. The Morgan fingerprint density at radius 3 is 2.12 bits per heavy atom. The molecule has 0 unspecified atom stereocenters. The Morgan fingerprint density at radius 1 is 0.976 bits per heavy atom. The number of ether oxygens (including phenoxy) is 5. The van der Waals surface area contributed by atoms with Gasteiger partial charge in [-0.15, -0.1) is 0 Å². The molecule has 0 bridgehead atoms. The molecule has 0 aromatic heterocycles. The predicted molar refractivity (Wildman–Crippen MR) is 144 cm³/mol. The first kappa shape index (κ1) is 32.3. The van der Waals surface area contributed by atoms with Crippen molar-refractivity contribution in [2.24, 2.45) is 17.3 Å². The molecular formula is C30H42O11. The van der Waals surface area contributed by atoms with Gasteiger partial charge in [0.1, 0.15) is 24.4 Å². The number of rotatable bonds is 6. The van der Waals surface area contributed by atoms with E-state index in [1.165, 1.54) is 33.8 Å². The topological polar surface area (TPSA) is 152 Å². The van der Waals surface area contributed by atoms with Gasteiger partial charge in [0.05, 0.1) is 11.3 Å². The molecule has 2 aliphatic carbocycles. The zero-order valence-corrected chi connectivity index (χ0v) is 25.1. The fourth-order valence-electron chi connectivity index (χ4n) is 6.57. The van der Waals surface area contributed by atoms with Crippen molar-refractivity contribution in [2.75, 3.05) is 0 Å². The molecule has 1 N–H and O–H groups in total. The lowest BCUT2D eigenvalue weighted by Crippen LogP contribution is -2.65. The van der Waals surface area contributed by atoms with E-state index in [0.29, 0.717) is 17.6 Å². The summed E-state index contributed by atoms with van der Waals surface area (Å²) in [6.07, 6.45) is -1.32. The number of carbonyl (C=O) groups excluding carboxylic acids is 5. The van der Waals surface area contributed by atoms with Crippen molar-refractivity contribution < 1.29 is 52.8 Å². The fraction of sp³-hybridized carbons (Fsp3) is 0.700. The third kappa shape index (κ3) is 6.19. The second kappa shape index (κ2) is 12.3. The largest absolute Gasteiger partial charge is 0.462 e. The van der Waals surface area contributed by atoms with E-state index in [0.717, 1.165) is 0 Å². The summed E-state index contributed by atoms with van der Waals surface area (Å²) in [6, 6.07) is 0. The highest BCUT2D eigenvalue weighted by molar-refractivity contribution is 5.78. The van der Waals surface area contributed by atoms with E-state index < -0.39 is 83.2 Å². The molecule has 0 aromatic carbocycles. The Bertz CT molecular complexity index is 1140. The number of fused-ring (bicyclic) bond motifs is 2. The van der Waals surface area contributed by atoms with E-state index in [9.17, 15) is 29.1 Å². The van der Waals surface area contributed by atoms with Gasteiger partial charge >= 0.3 is 29.8 Å². The SMILES string of the molecule is CCCC(=O)O[C@@H]1C[C@H](OC(C)=O)[C@@]2(C)[C@@H](OC(C)=O)CC=C(C)[C@@H]2[C@@H](OC(C)=O)[C@@]2(O)[C@H](/C=C\1C)OC(=O)[C@@H]2C. The lowest BCUT2D eigenvalue weighted by atomic mass is 9.56. The van der Waals surface area contributed by atoms with Crippen LogP contribution in [-0.4, -0.2) is 71.1 Å². The van der Waals surface area contributed by atoms with Crippen LogP contribution in [0.25, 0.3) is 0 Å². The maximum Gasteiger partial charge on any atom is 0.312 e. The van der Waals surface area contributed by atoms with Crippen LogP contribution < -0.4 is 0 Å². The number of hydrogen-bond acceptors (Lipinski definition) is 11. The molecule has 228 valence electrons. The molecule has 0 spiro atoms. The van der Waals surface area contributed by atoms with Crippen molar-refractivity contribution >= 4 is 29.8 Å². The third-order valence-electron chi connectivity index (χ3n) is 8.69. The molecule has 1 heterocycles. The molecule has 0 amide bonds. The molecule has 11 heteroatoms. The van der Waals surface area contributed by atoms with Crippen molar-refractivity contribution in [2.45, 2.75) is 117 Å². The van der Waals surface area contributed by atoms with Crippen molar-refractivity contribution in [1.29, 1.82) is 0 Å². The van der Waals surface area contributed by atoms with E-state index in [4.69, 9.17) is 23.7 Å². The van der Waals surface area contributed by atoms with Gasteiger partial charge in [-0.25, -0.2) is 0 Å². The highest BCUT2D eigenvalue weighted by Crippen LogP contribution is 2.55. The smallest absolute Gasteiger partial charge is 0.312 e. The number of aliphatic hydroxyl groups is 1. The molecule has 0 aromatic rings. The number of carbonyl (C=O) groups is 5. The Morgan fingerprint density at radius 2 is 1.56 bits per heavy atom. The highest BCUT2D eigenvalue weighted by Gasteiger charge is 2.67. The molecule has 1 saturated heterocycles. The summed E-state index contributed by atoms with van der Waals surface area (Å²) >= 11 is 0. The summed E-state index contributed by atoms with van der Waals surface area (Å²) in [5.74, 6) is -5.17. The molecule has 3 rings (SSSR count). The van der Waals surface area contributed by atoms with Crippen LogP contribution in [0.1, 0.15) is 81.1 Å². The zero-order chi connectivity index (χ0) is 30.9. The lowest BCUT2D eigenvalue weighted by Gasteiger charge is -2.54. The summed E-state index contributed by atoms with van der Waals surface area (Å²) < 4.78 is 29.1. The van der Waals surface area contributed by atoms with Gasteiger partial charge in [-0.05, 0) is 38.8 Å². The predicted octanol–water partition coefficient (Wildman–Crippen LogP) is 3.11. The summed E-state index contributed by atoms with van der Waals surface area (Å²) in [7, 11) is 0. The molecule has 3 aliphatic rings. The summed E-state index contributed by atoms with van der Waals surface area (Å²) in [5, 5.41) is 12.4. The monoisotopic (exact) mass is 578 g/mol. The van der Waals surface area contributed by atoms with Crippen LogP contribution in [0.4, 0.5) is 0 Å². The van der Waals surface area contributed by atoms with Gasteiger partial charge < -0.3 is 28.8 Å². The van der Waals surface area contributed by atoms with E-state index in [1.54, 1.807) is 20.8 Å². The second-order valence-corrected chi connectivity index (χ2v) is 11.6. The summed E-state index contributed by atoms with van der Waals surface area (Å²) in [5.41, 5.74) is -2.31. The molecule has 9 atom stereocenters. The van der Waals surface area contributed by atoms with Crippen LogP contribution in [-0.2, 0) is 47.7 Å². The average molecular weight is 579 g/mol. The maximum absolute atomic E-state index is 13.0. The van der Waals surface area contributed by atoms with Crippen molar-refractivity contribution in [3.63, 3.8) is 0 Å². The quantitative estimate of drug-likeness (QED) is 0.281. The molecule has 0 radical (unpaired) electrons. The second-order valence-electron chi connectivity index (χ2n) is 11.6. The minimum atomic E-state index is -2.08. The van der Waals surface area contributed by atoms with Crippen molar-refractivity contribution in [3.8, 4) is 0 Å². The molecule has 11 nitrogen and oxygen atoms in total. The normalized spacial score (nSPS) is 38.1. The molecule has 41 heavy (non-hydrogen) atoms. The molecule has 1 fully saturated rings. The van der Waals surface area contributed by atoms with Gasteiger partial charge in [-0.1, -0.05) is 25.5 Å². The van der Waals surface area contributed by atoms with Gasteiger partial charge in [0, 0.05) is 46.0 Å². The van der Waals surface area contributed by atoms with E-state index >= 15 is 0 Å². The third-order valence-corrected chi connectivity index (χ3v) is 8.69. The van der Waals surface area contributed by atoms with Crippen LogP contribution in [0, 0.1) is 17.3 Å². The van der Waals surface area contributed by atoms with Gasteiger partial charge in [-0.2, -0.15) is 0 Å². The van der Waals surface area contributed by atoms with Crippen LogP contribution >= 0.6 is 0 Å². The van der Waals surface area contributed by atoms with E-state index in [1.807, 2.05) is 13.0 Å². The first-order valence-corrected chi connectivity index (χ1v) is 14.1. The minimum absolute atomic E-state index is 0.0309. The van der Waals surface area contributed by atoms with Crippen LogP contribution in [0.3, 0.4) is 0 Å². The first-order chi connectivity index (χ1) is 19.1. The van der Waals surface area contributed by atoms with E-state index in [2.05, 4.69) is 0 Å². The zero-order valence-electron chi connectivity index (χ0n) is 25.1. The number of esters is 5. The van der Waals surface area contributed by atoms with E-state index in [-0.39, 0.29) is 19.3 Å². The summed E-state index contributed by atoms with van der Waals surface area (Å²) in [4.78, 5) is 63.1. The fourth-order valence-corrected chi connectivity index (χ4v) is 6.57. The van der Waals surface area contributed by atoms with Gasteiger partial charge in [0.15, 0.2) is 11.7 Å². The van der Waals surface area contributed by atoms with Gasteiger partial charge in [0.2, 0.25) is 0 Å². The first-order valence-electron chi connectivity index (χ1n) is 14.1. The standard InChI is InChI=1S/C30H42O11/c1-9-10-25(34)40-21-14-23(38-19(6)32)29(8)22(37-18(5)31)12-11-15(2)26(29)27(39-20(7)33)30(36)17(4)28(35)41-24(30)13-16(21)3/h11,13,17,21-24,26-27,36H,9-10,12,14H2,1-8H3/b16-13-/t17-,21+,22-,23-,24-,26+,27+,29+,30-/m0/s1. The van der Waals surface area contributed by atoms with Crippen LogP contribution in [0.15, 0.2) is 23.3 Å². The average Bonchev–Trinajstić information content (AvgIpc) is 3.07. The van der Waals surface area contributed by atoms with Gasteiger partial charge in [-0.3, -0.25) is 24.0 Å². The number of hydrogen-bond donors (Lipinski definition) is 1. The Balaban J connectivity index is 2.40. The van der Waals surface area contributed by atoms with Crippen LogP contribution in [0.2, 0.25) is 0 Å². The van der Waals surface area contributed by atoms with Crippen LogP contribution in [0.5, 0.6) is 0 Å². The molecule has 0 saturated carbocycles. The Kier molecular flexibility index (Phi) is 9.73.